The molecule has 0 saturated carbocycles. The van der Waals surface area contributed by atoms with Crippen LogP contribution in [0.15, 0.2) is 65.7 Å². The van der Waals surface area contributed by atoms with E-state index in [1.165, 1.54) is 4.90 Å². The molecule has 5 heteroatoms. The number of hydrogen-bond donors (Lipinski definition) is 0. The zero-order chi connectivity index (χ0) is 20.2. The van der Waals surface area contributed by atoms with Crippen LogP contribution >= 0.6 is 11.8 Å². The number of carbonyl (C=O) groups is 1. The molecule has 2 aromatic carbocycles. The first-order valence-electron chi connectivity index (χ1n) is 10.1. The van der Waals surface area contributed by atoms with Gasteiger partial charge in [0, 0.05) is 34.7 Å². The van der Waals surface area contributed by atoms with Crippen molar-refractivity contribution in [2.75, 3.05) is 13.1 Å². The van der Waals surface area contributed by atoms with Gasteiger partial charge in [0.15, 0.2) is 0 Å². The first-order valence-corrected chi connectivity index (χ1v) is 11.0. The van der Waals surface area contributed by atoms with Gasteiger partial charge in [-0.1, -0.05) is 44.2 Å². The summed E-state index contributed by atoms with van der Waals surface area (Å²) in [5.74, 6) is 0.956. The van der Waals surface area contributed by atoms with Gasteiger partial charge in [-0.2, -0.15) is 0 Å². The molecular weight excluding hydrogens is 380 g/mol. The van der Waals surface area contributed by atoms with Gasteiger partial charge < -0.3 is 9.64 Å². The van der Waals surface area contributed by atoms with E-state index in [1.54, 1.807) is 6.20 Å². The minimum absolute atomic E-state index is 0.0105. The van der Waals surface area contributed by atoms with Crippen molar-refractivity contribution in [2.45, 2.75) is 42.9 Å². The van der Waals surface area contributed by atoms with Crippen LogP contribution in [0.2, 0.25) is 0 Å². The Morgan fingerprint density at radius 1 is 1.17 bits per heavy atom. The summed E-state index contributed by atoms with van der Waals surface area (Å²) in [7, 11) is 0. The van der Waals surface area contributed by atoms with E-state index in [0.717, 1.165) is 35.2 Å². The molecule has 0 radical (unpaired) electrons. The number of amides is 1. The fourth-order valence-corrected chi connectivity index (χ4v) is 4.48. The first-order chi connectivity index (χ1) is 14.1. The fraction of sp³-hybridized carbons (Fsp3) is 0.333. The summed E-state index contributed by atoms with van der Waals surface area (Å²) >= 11 is 1.84. The summed E-state index contributed by atoms with van der Waals surface area (Å²) in [4.78, 5) is 20.4. The topological polar surface area (TPSA) is 42.4 Å². The quantitative estimate of drug-likeness (QED) is 0.543. The molecule has 1 amide bonds. The number of nitrogens with zero attached hydrogens (tertiary/aromatic N) is 2. The monoisotopic (exact) mass is 406 g/mol. The summed E-state index contributed by atoms with van der Waals surface area (Å²) in [5.41, 5.74) is 1.94. The average Bonchev–Trinajstić information content (AvgIpc) is 3.18. The van der Waals surface area contributed by atoms with Crippen LogP contribution in [0.5, 0.6) is 5.75 Å². The standard InChI is InChI=1S/C24H26N2O2S/c1-17(2)29-21-10-8-18(9-11-21)15-23(27)26-14-12-20(16-26)28-22-7-3-5-19-6-4-13-25-24(19)22/h3-11,13,17,20H,12,14-16H2,1-2H3/t20-/m0/s1. The maximum Gasteiger partial charge on any atom is 0.227 e. The SMILES string of the molecule is CC(C)Sc1ccc(CC(=O)N2CC[C@H](Oc3cccc4cccnc34)C2)cc1. The third-order valence-electron chi connectivity index (χ3n) is 5.04. The van der Waals surface area contributed by atoms with E-state index in [2.05, 4.69) is 43.1 Å². The van der Waals surface area contributed by atoms with Crippen molar-refractivity contribution < 1.29 is 9.53 Å². The molecule has 1 saturated heterocycles. The Labute approximate surface area is 176 Å². The molecule has 4 nitrogen and oxygen atoms in total. The number of fused-ring (bicyclic) bond motifs is 1. The maximum atomic E-state index is 12.7. The number of benzene rings is 2. The van der Waals surface area contributed by atoms with Gasteiger partial charge >= 0.3 is 0 Å². The molecule has 29 heavy (non-hydrogen) atoms. The highest BCUT2D eigenvalue weighted by atomic mass is 32.2. The number of para-hydroxylation sites is 1. The minimum Gasteiger partial charge on any atom is -0.486 e. The van der Waals surface area contributed by atoms with E-state index in [0.29, 0.717) is 18.2 Å². The molecule has 2 heterocycles. The van der Waals surface area contributed by atoms with Crippen LogP contribution in [0.1, 0.15) is 25.8 Å². The molecule has 0 aliphatic carbocycles. The van der Waals surface area contributed by atoms with E-state index >= 15 is 0 Å². The number of likely N-dealkylation sites (tertiary alicyclic amines) is 1. The lowest BCUT2D eigenvalue weighted by molar-refractivity contribution is -0.129. The zero-order valence-electron chi connectivity index (χ0n) is 16.9. The highest BCUT2D eigenvalue weighted by Gasteiger charge is 2.28. The van der Waals surface area contributed by atoms with Crippen molar-refractivity contribution in [1.29, 1.82) is 0 Å². The summed E-state index contributed by atoms with van der Waals surface area (Å²) in [5, 5.41) is 1.62. The van der Waals surface area contributed by atoms with Crippen LogP contribution in [0.4, 0.5) is 0 Å². The summed E-state index contributed by atoms with van der Waals surface area (Å²) < 4.78 is 6.21. The zero-order valence-corrected chi connectivity index (χ0v) is 17.7. The second-order valence-corrected chi connectivity index (χ2v) is 9.34. The largest absolute Gasteiger partial charge is 0.486 e. The molecule has 4 rings (SSSR count). The number of pyridine rings is 1. The van der Waals surface area contributed by atoms with Crippen molar-refractivity contribution in [3.05, 3.63) is 66.4 Å². The Balaban J connectivity index is 1.35. The number of hydrogen-bond acceptors (Lipinski definition) is 4. The molecule has 0 unspecified atom stereocenters. The predicted molar refractivity (Wildman–Crippen MR) is 118 cm³/mol. The molecule has 1 fully saturated rings. The molecule has 0 bridgehead atoms. The highest BCUT2D eigenvalue weighted by molar-refractivity contribution is 7.99. The van der Waals surface area contributed by atoms with E-state index in [-0.39, 0.29) is 12.0 Å². The van der Waals surface area contributed by atoms with Gasteiger partial charge in [-0.25, -0.2) is 0 Å². The number of carbonyl (C=O) groups excluding carboxylic acids is 1. The second-order valence-electron chi connectivity index (χ2n) is 7.69. The van der Waals surface area contributed by atoms with Crippen molar-refractivity contribution in [2.24, 2.45) is 0 Å². The van der Waals surface area contributed by atoms with Crippen LogP contribution in [0.25, 0.3) is 10.9 Å². The summed E-state index contributed by atoms with van der Waals surface area (Å²) in [6, 6.07) is 18.3. The van der Waals surface area contributed by atoms with Crippen LogP contribution in [-0.2, 0) is 11.2 Å². The molecule has 1 aromatic heterocycles. The molecule has 150 valence electrons. The lowest BCUT2D eigenvalue weighted by Gasteiger charge is -2.18. The lowest BCUT2D eigenvalue weighted by atomic mass is 10.1. The second kappa shape index (κ2) is 8.87. The van der Waals surface area contributed by atoms with Crippen LogP contribution in [0, 0.1) is 0 Å². The normalized spacial score (nSPS) is 16.5. The predicted octanol–water partition coefficient (Wildman–Crippen LogP) is 4.96. The maximum absolute atomic E-state index is 12.7. The third-order valence-corrected chi connectivity index (χ3v) is 6.05. The molecule has 1 aliphatic heterocycles. The van der Waals surface area contributed by atoms with Crippen LogP contribution < -0.4 is 4.74 Å². The third kappa shape index (κ3) is 4.91. The van der Waals surface area contributed by atoms with Gasteiger partial charge in [0.05, 0.1) is 13.0 Å². The van der Waals surface area contributed by atoms with E-state index in [1.807, 2.05) is 47.0 Å². The Bertz CT molecular complexity index is 982. The van der Waals surface area contributed by atoms with Gasteiger partial charge in [-0.05, 0) is 29.8 Å². The molecule has 1 aliphatic rings. The lowest BCUT2D eigenvalue weighted by Crippen LogP contribution is -2.32. The molecule has 0 N–H and O–H groups in total. The van der Waals surface area contributed by atoms with E-state index in [9.17, 15) is 4.79 Å². The van der Waals surface area contributed by atoms with Crippen LogP contribution in [0.3, 0.4) is 0 Å². The molecule has 3 aromatic rings. The van der Waals surface area contributed by atoms with Gasteiger partial charge in [0.25, 0.3) is 0 Å². The molecular formula is C24H26N2O2S. The Morgan fingerprint density at radius 2 is 1.97 bits per heavy atom. The van der Waals surface area contributed by atoms with Gasteiger partial charge in [0.1, 0.15) is 17.4 Å². The fourth-order valence-electron chi connectivity index (χ4n) is 3.65. The first kappa shape index (κ1) is 19.8. The number of rotatable bonds is 6. The Kier molecular flexibility index (Phi) is 6.05. The summed E-state index contributed by atoms with van der Waals surface area (Å²) in [6.07, 6.45) is 3.08. The van der Waals surface area contributed by atoms with Crippen molar-refractivity contribution in [1.82, 2.24) is 9.88 Å². The number of thioether (sulfide) groups is 1. The van der Waals surface area contributed by atoms with Crippen molar-refractivity contribution in [3.8, 4) is 5.75 Å². The van der Waals surface area contributed by atoms with Crippen LogP contribution in [-0.4, -0.2) is 40.2 Å². The minimum atomic E-state index is 0.0105. The Morgan fingerprint density at radius 3 is 2.76 bits per heavy atom. The molecule has 1 atom stereocenters. The number of aromatic nitrogens is 1. The molecule has 0 spiro atoms. The van der Waals surface area contributed by atoms with Gasteiger partial charge in [-0.15, -0.1) is 11.8 Å². The summed E-state index contributed by atoms with van der Waals surface area (Å²) in [6.45, 7) is 5.73. The smallest absolute Gasteiger partial charge is 0.227 e. The van der Waals surface area contributed by atoms with E-state index < -0.39 is 0 Å². The van der Waals surface area contributed by atoms with Crippen molar-refractivity contribution in [3.63, 3.8) is 0 Å². The highest BCUT2D eigenvalue weighted by Crippen LogP contribution is 2.27. The number of ether oxygens (including phenoxy) is 1. The van der Waals surface area contributed by atoms with Gasteiger partial charge in [-0.3, -0.25) is 9.78 Å². The van der Waals surface area contributed by atoms with Gasteiger partial charge in [0.2, 0.25) is 5.91 Å². The van der Waals surface area contributed by atoms with E-state index in [4.69, 9.17) is 4.74 Å². The Hall–Kier alpha value is -2.53. The van der Waals surface area contributed by atoms with Crippen molar-refractivity contribution >= 4 is 28.6 Å². The average molecular weight is 407 g/mol.